The monoisotopic (exact) mass is 446 g/mol. The average molecular weight is 447 g/mol. The van der Waals surface area contributed by atoms with Gasteiger partial charge in [-0.1, -0.05) is 56.3 Å². The summed E-state index contributed by atoms with van der Waals surface area (Å²) in [5, 5.41) is 11.2. The van der Waals surface area contributed by atoms with Crippen molar-refractivity contribution in [2.75, 3.05) is 13.1 Å². The minimum Gasteiger partial charge on any atom is -0.446 e. The van der Waals surface area contributed by atoms with Crippen molar-refractivity contribution in [1.82, 2.24) is 4.90 Å². The zero-order valence-corrected chi connectivity index (χ0v) is 18.7. The molecule has 4 rings (SSSR count). The fourth-order valence-corrected chi connectivity index (χ4v) is 4.69. The highest BCUT2D eigenvalue weighted by Gasteiger charge is 2.50. The van der Waals surface area contributed by atoms with E-state index in [1.165, 1.54) is 18.2 Å². The van der Waals surface area contributed by atoms with Crippen LogP contribution in [0.1, 0.15) is 37.8 Å². The minimum absolute atomic E-state index is 0.0555. The zero-order valence-electron chi connectivity index (χ0n) is 18.7. The lowest BCUT2D eigenvalue weighted by atomic mass is 9.77. The fourth-order valence-electron chi connectivity index (χ4n) is 4.69. The Kier molecular flexibility index (Phi) is 6.14. The summed E-state index contributed by atoms with van der Waals surface area (Å²) in [6.45, 7) is 4.83. The van der Waals surface area contributed by atoms with Crippen LogP contribution in [0.25, 0.3) is 6.08 Å². The highest BCUT2D eigenvalue weighted by Crippen LogP contribution is 2.48. The van der Waals surface area contributed by atoms with Gasteiger partial charge in [-0.25, -0.2) is 4.79 Å². The molecule has 0 fully saturated rings. The first kappa shape index (κ1) is 22.5. The Morgan fingerprint density at radius 3 is 2.58 bits per heavy atom. The SMILES string of the molecule is CC(C)CC1(c2ccccc2)OC(=O)C2=C1CN(C(=O)/C=C/c1ccccc1[N+](=O)[O-])CC2. The smallest absolute Gasteiger partial charge is 0.335 e. The van der Waals surface area contributed by atoms with Gasteiger partial charge < -0.3 is 9.64 Å². The Hall–Kier alpha value is -3.74. The molecule has 0 aliphatic carbocycles. The van der Waals surface area contributed by atoms with Crippen molar-refractivity contribution in [1.29, 1.82) is 0 Å². The van der Waals surface area contributed by atoms with Gasteiger partial charge in [-0.15, -0.1) is 0 Å². The normalized spacial score (nSPS) is 20.3. The molecule has 0 saturated carbocycles. The van der Waals surface area contributed by atoms with E-state index >= 15 is 0 Å². The molecule has 2 aromatic rings. The summed E-state index contributed by atoms with van der Waals surface area (Å²) in [6, 6.07) is 16.0. The molecule has 0 aromatic heterocycles. The summed E-state index contributed by atoms with van der Waals surface area (Å²) < 4.78 is 6.05. The number of cyclic esters (lactones) is 1. The second-order valence-electron chi connectivity index (χ2n) is 8.80. The van der Waals surface area contributed by atoms with Crippen LogP contribution in [0.4, 0.5) is 5.69 Å². The molecular weight excluding hydrogens is 420 g/mol. The Bertz CT molecular complexity index is 1150. The molecule has 1 unspecified atom stereocenters. The molecule has 170 valence electrons. The third-order valence-electron chi connectivity index (χ3n) is 6.13. The van der Waals surface area contributed by atoms with Gasteiger partial charge in [0, 0.05) is 36.4 Å². The van der Waals surface area contributed by atoms with Crippen LogP contribution < -0.4 is 0 Å². The number of carbonyl (C=O) groups is 2. The molecule has 2 aromatic carbocycles. The van der Waals surface area contributed by atoms with Crippen LogP contribution in [0.5, 0.6) is 0 Å². The van der Waals surface area contributed by atoms with E-state index in [-0.39, 0.29) is 30.0 Å². The van der Waals surface area contributed by atoms with Crippen LogP contribution in [-0.4, -0.2) is 34.8 Å². The Labute approximate surface area is 192 Å². The number of rotatable bonds is 6. The predicted octanol–water partition coefficient (Wildman–Crippen LogP) is 4.64. The molecule has 1 atom stereocenters. The van der Waals surface area contributed by atoms with E-state index in [1.54, 1.807) is 23.1 Å². The Morgan fingerprint density at radius 1 is 1.18 bits per heavy atom. The number of hydrogen-bond acceptors (Lipinski definition) is 5. The van der Waals surface area contributed by atoms with Crippen molar-refractivity contribution in [2.24, 2.45) is 5.92 Å². The van der Waals surface area contributed by atoms with E-state index in [2.05, 4.69) is 13.8 Å². The van der Waals surface area contributed by atoms with E-state index in [4.69, 9.17) is 4.74 Å². The van der Waals surface area contributed by atoms with Gasteiger partial charge in [-0.3, -0.25) is 14.9 Å². The summed E-state index contributed by atoms with van der Waals surface area (Å²) in [6.07, 6.45) is 3.87. The fraction of sp³-hybridized carbons (Fsp3) is 0.308. The second-order valence-corrected chi connectivity index (χ2v) is 8.80. The standard InChI is InChI=1S/C26H26N2O5/c1-18(2)16-26(20-9-4-3-5-10-20)22-17-27(15-14-21(22)25(30)33-26)24(29)13-12-19-8-6-7-11-23(19)28(31)32/h3-13,18H,14-17H2,1-2H3/b13-12+. The summed E-state index contributed by atoms with van der Waals surface area (Å²) in [4.78, 5) is 38.3. The molecular formula is C26H26N2O5. The number of ether oxygens (including phenoxy) is 1. The number of nitrogens with zero attached hydrogens (tertiary/aromatic N) is 2. The number of hydrogen-bond donors (Lipinski definition) is 0. The highest BCUT2D eigenvalue weighted by atomic mass is 16.6. The van der Waals surface area contributed by atoms with Gasteiger partial charge in [0.25, 0.3) is 5.69 Å². The van der Waals surface area contributed by atoms with Gasteiger partial charge in [-0.2, -0.15) is 0 Å². The zero-order chi connectivity index (χ0) is 23.6. The summed E-state index contributed by atoms with van der Waals surface area (Å²) in [5.74, 6) is -0.308. The number of amides is 1. The van der Waals surface area contributed by atoms with Crippen molar-refractivity contribution in [3.05, 3.63) is 93.1 Å². The van der Waals surface area contributed by atoms with Gasteiger partial charge >= 0.3 is 5.97 Å². The molecule has 2 aliphatic heterocycles. The lowest BCUT2D eigenvalue weighted by Gasteiger charge is -2.36. The molecule has 0 N–H and O–H groups in total. The van der Waals surface area contributed by atoms with Crippen LogP contribution >= 0.6 is 0 Å². The molecule has 0 spiro atoms. The Morgan fingerprint density at radius 2 is 1.88 bits per heavy atom. The van der Waals surface area contributed by atoms with E-state index in [0.717, 1.165) is 11.1 Å². The van der Waals surface area contributed by atoms with Gasteiger partial charge in [0.05, 0.1) is 10.5 Å². The van der Waals surface area contributed by atoms with Crippen LogP contribution in [0.2, 0.25) is 0 Å². The molecule has 2 heterocycles. The number of nitro benzene ring substituents is 1. The molecule has 0 saturated heterocycles. The molecule has 7 nitrogen and oxygen atoms in total. The number of nitro groups is 1. The molecule has 0 bridgehead atoms. The summed E-state index contributed by atoms with van der Waals surface area (Å²) in [5.41, 5.74) is 1.83. The molecule has 1 amide bonds. The minimum atomic E-state index is -0.886. The second kappa shape index (κ2) is 9.02. The maximum Gasteiger partial charge on any atom is 0.335 e. The molecule has 33 heavy (non-hydrogen) atoms. The molecule has 0 radical (unpaired) electrons. The summed E-state index contributed by atoms with van der Waals surface area (Å²) >= 11 is 0. The van der Waals surface area contributed by atoms with E-state index in [9.17, 15) is 19.7 Å². The van der Waals surface area contributed by atoms with Gasteiger partial charge in [-0.05, 0) is 36.5 Å². The first-order valence-corrected chi connectivity index (χ1v) is 11.0. The van der Waals surface area contributed by atoms with E-state index in [0.29, 0.717) is 30.5 Å². The number of esters is 1. The van der Waals surface area contributed by atoms with Crippen LogP contribution in [0, 0.1) is 16.0 Å². The van der Waals surface area contributed by atoms with E-state index in [1.807, 2.05) is 30.3 Å². The van der Waals surface area contributed by atoms with Crippen molar-refractivity contribution in [2.45, 2.75) is 32.3 Å². The lowest BCUT2D eigenvalue weighted by molar-refractivity contribution is -0.385. The third-order valence-corrected chi connectivity index (χ3v) is 6.13. The maximum absolute atomic E-state index is 13.0. The number of carbonyl (C=O) groups excluding carboxylic acids is 2. The van der Waals surface area contributed by atoms with Crippen LogP contribution in [-0.2, 0) is 19.9 Å². The van der Waals surface area contributed by atoms with Crippen molar-refractivity contribution in [3.63, 3.8) is 0 Å². The maximum atomic E-state index is 13.0. The van der Waals surface area contributed by atoms with Crippen LogP contribution in [0.15, 0.2) is 71.8 Å². The first-order valence-electron chi connectivity index (χ1n) is 11.0. The molecule has 7 heteroatoms. The summed E-state index contributed by atoms with van der Waals surface area (Å²) in [7, 11) is 0. The van der Waals surface area contributed by atoms with Crippen LogP contribution in [0.3, 0.4) is 0 Å². The first-order chi connectivity index (χ1) is 15.8. The Balaban J connectivity index is 1.63. The van der Waals surface area contributed by atoms with E-state index < -0.39 is 10.5 Å². The van der Waals surface area contributed by atoms with Crippen molar-refractivity contribution >= 4 is 23.6 Å². The van der Waals surface area contributed by atoms with Gasteiger partial charge in [0.1, 0.15) is 0 Å². The topological polar surface area (TPSA) is 89.8 Å². The van der Waals surface area contributed by atoms with Crippen molar-refractivity contribution < 1.29 is 19.2 Å². The van der Waals surface area contributed by atoms with Crippen molar-refractivity contribution in [3.8, 4) is 0 Å². The van der Waals surface area contributed by atoms with Gasteiger partial charge in [0.2, 0.25) is 5.91 Å². The third kappa shape index (κ3) is 4.31. The quantitative estimate of drug-likeness (QED) is 0.279. The largest absolute Gasteiger partial charge is 0.446 e. The van der Waals surface area contributed by atoms with Gasteiger partial charge in [0.15, 0.2) is 5.60 Å². The number of para-hydroxylation sites is 1. The lowest BCUT2D eigenvalue weighted by Crippen LogP contribution is -2.41. The predicted molar refractivity (Wildman–Crippen MR) is 124 cm³/mol. The average Bonchev–Trinajstić information content (AvgIpc) is 3.09. The molecule has 2 aliphatic rings. The number of benzene rings is 2. The highest BCUT2D eigenvalue weighted by molar-refractivity contribution is 5.96.